The van der Waals surface area contributed by atoms with Crippen LogP contribution in [0, 0.1) is 5.92 Å². The molecule has 2 aliphatic rings. The molecule has 1 nitrogen and oxygen atoms in total. The molecule has 2 aliphatic carbocycles. The van der Waals surface area contributed by atoms with Gasteiger partial charge in [-0.05, 0) is 56.6 Å². The molecule has 1 saturated carbocycles. The van der Waals surface area contributed by atoms with Crippen LogP contribution < -0.4 is 5.32 Å². The Balaban J connectivity index is 1.69. The van der Waals surface area contributed by atoms with Gasteiger partial charge >= 0.3 is 0 Å². The second-order valence-corrected chi connectivity index (χ2v) is 6.06. The molecule has 1 aromatic rings. The Bertz CT molecular complexity index is 434. The molecule has 1 fully saturated rings. The summed E-state index contributed by atoms with van der Waals surface area (Å²) in [5, 5.41) is 3.59. The first-order valence-corrected chi connectivity index (χ1v) is 7.81. The maximum Gasteiger partial charge on any atom is 0.0311 e. The Hall–Kier alpha value is -1.08. The molecule has 1 heteroatoms. The van der Waals surface area contributed by atoms with Gasteiger partial charge in [-0.25, -0.2) is 0 Å². The van der Waals surface area contributed by atoms with Gasteiger partial charge in [0.25, 0.3) is 0 Å². The van der Waals surface area contributed by atoms with E-state index in [0.717, 1.165) is 11.8 Å². The monoisotopic (exact) mass is 255 g/mol. The summed E-state index contributed by atoms with van der Waals surface area (Å²) >= 11 is 0. The first kappa shape index (κ1) is 12.9. The van der Waals surface area contributed by atoms with E-state index in [2.05, 4.69) is 48.8 Å². The van der Waals surface area contributed by atoms with E-state index in [9.17, 15) is 0 Å². The van der Waals surface area contributed by atoms with Gasteiger partial charge in [0.05, 0.1) is 0 Å². The Morgan fingerprint density at radius 2 is 1.95 bits per heavy atom. The lowest BCUT2D eigenvalue weighted by Crippen LogP contribution is -2.30. The van der Waals surface area contributed by atoms with Gasteiger partial charge in [0.2, 0.25) is 0 Å². The van der Waals surface area contributed by atoms with Crippen LogP contribution in [0.3, 0.4) is 0 Å². The fourth-order valence-electron chi connectivity index (χ4n) is 3.66. The Morgan fingerprint density at radius 3 is 2.74 bits per heavy atom. The number of likely N-dealkylation sites (N-methyl/N-ethyl adjacent to an activating group) is 1. The van der Waals surface area contributed by atoms with E-state index in [-0.39, 0.29) is 0 Å². The lowest BCUT2D eigenvalue weighted by atomic mass is 9.95. The number of rotatable bonds is 4. The fraction of sp³-hybridized carbons (Fsp3) is 0.556. The van der Waals surface area contributed by atoms with Gasteiger partial charge in [-0.2, -0.15) is 0 Å². The average Bonchev–Trinajstić information content (AvgIpc) is 3.25. The summed E-state index contributed by atoms with van der Waals surface area (Å²) in [5.41, 5.74) is 3.21. The van der Waals surface area contributed by atoms with Crippen LogP contribution in [0.15, 0.2) is 42.0 Å². The van der Waals surface area contributed by atoms with E-state index < -0.39 is 0 Å². The molecule has 3 unspecified atom stereocenters. The van der Waals surface area contributed by atoms with E-state index >= 15 is 0 Å². The minimum Gasteiger partial charge on any atom is -0.313 e. The van der Waals surface area contributed by atoms with Gasteiger partial charge in [-0.15, -0.1) is 0 Å². The highest BCUT2D eigenvalue weighted by molar-refractivity contribution is 5.30. The molecule has 3 atom stereocenters. The molecule has 1 N–H and O–H groups in total. The van der Waals surface area contributed by atoms with Crippen LogP contribution in [-0.2, 0) is 0 Å². The number of hydrogen-bond donors (Lipinski definition) is 1. The number of hydrogen-bond acceptors (Lipinski definition) is 1. The Morgan fingerprint density at radius 1 is 1.11 bits per heavy atom. The molecule has 0 spiro atoms. The molecular weight excluding hydrogens is 230 g/mol. The van der Waals surface area contributed by atoms with Crippen molar-refractivity contribution < 1.29 is 0 Å². The summed E-state index contributed by atoms with van der Waals surface area (Å²) in [6, 6.07) is 11.7. The second-order valence-electron chi connectivity index (χ2n) is 6.06. The van der Waals surface area contributed by atoms with Gasteiger partial charge < -0.3 is 5.32 Å². The largest absolute Gasteiger partial charge is 0.313 e. The standard InChI is InChI=1S/C18H25N/c1-19-18(15-11-5-2-3-6-12-15)17-13-16(17)14-9-7-4-8-10-14/h4,7-11,16-19H,2-3,5-6,12-13H2,1H3. The summed E-state index contributed by atoms with van der Waals surface area (Å²) in [6.45, 7) is 0. The van der Waals surface area contributed by atoms with Crippen LogP contribution in [0.2, 0.25) is 0 Å². The Labute approximate surface area is 117 Å². The highest BCUT2D eigenvalue weighted by Crippen LogP contribution is 2.51. The van der Waals surface area contributed by atoms with Crippen LogP contribution in [-0.4, -0.2) is 13.1 Å². The molecule has 0 saturated heterocycles. The smallest absolute Gasteiger partial charge is 0.0311 e. The van der Waals surface area contributed by atoms with Crippen LogP contribution in [0.5, 0.6) is 0 Å². The van der Waals surface area contributed by atoms with Crippen molar-refractivity contribution in [3.8, 4) is 0 Å². The fourth-order valence-corrected chi connectivity index (χ4v) is 3.66. The average molecular weight is 255 g/mol. The molecule has 1 aromatic carbocycles. The van der Waals surface area contributed by atoms with Crippen molar-refractivity contribution in [2.75, 3.05) is 7.05 Å². The molecule has 3 rings (SSSR count). The summed E-state index contributed by atoms with van der Waals surface area (Å²) in [4.78, 5) is 0. The highest BCUT2D eigenvalue weighted by Gasteiger charge is 2.44. The minimum atomic E-state index is 0.614. The Kier molecular flexibility index (Phi) is 4.03. The SMILES string of the molecule is CNC(C1=CCCCCC1)C1CC1c1ccccc1. The van der Waals surface area contributed by atoms with Crippen LogP contribution in [0.4, 0.5) is 0 Å². The van der Waals surface area contributed by atoms with E-state index in [1.807, 2.05) is 0 Å². The van der Waals surface area contributed by atoms with Crippen molar-refractivity contribution in [2.24, 2.45) is 5.92 Å². The minimum absolute atomic E-state index is 0.614. The third-order valence-corrected chi connectivity index (χ3v) is 4.78. The normalized spacial score (nSPS) is 28.4. The molecule has 0 bridgehead atoms. The van der Waals surface area contributed by atoms with Crippen molar-refractivity contribution in [3.63, 3.8) is 0 Å². The van der Waals surface area contributed by atoms with Crippen molar-refractivity contribution in [2.45, 2.75) is 50.5 Å². The predicted molar refractivity (Wildman–Crippen MR) is 81.3 cm³/mol. The van der Waals surface area contributed by atoms with Crippen LogP contribution in [0.1, 0.15) is 50.0 Å². The summed E-state index contributed by atoms with van der Waals surface area (Å²) in [7, 11) is 2.14. The molecular formula is C18H25N. The van der Waals surface area contributed by atoms with Gasteiger partial charge in [-0.1, -0.05) is 48.4 Å². The topological polar surface area (TPSA) is 12.0 Å². The third-order valence-electron chi connectivity index (χ3n) is 4.78. The van der Waals surface area contributed by atoms with Crippen molar-refractivity contribution in [3.05, 3.63) is 47.5 Å². The lowest BCUT2D eigenvalue weighted by Gasteiger charge is -2.20. The van der Waals surface area contributed by atoms with Gasteiger partial charge in [0, 0.05) is 6.04 Å². The lowest BCUT2D eigenvalue weighted by molar-refractivity contribution is 0.535. The number of nitrogens with one attached hydrogen (secondary N) is 1. The van der Waals surface area contributed by atoms with E-state index in [1.54, 1.807) is 5.57 Å². The molecule has 0 aromatic heterocycles. The first-order valence-electron chi connectivity index (χ1n) is 7.81. The summed E-state index contributed by atoms with van der Waals surface area (Å²) < 4.78 is 0. The molecule has 0 aliphatic heterocycles. The first-order chi connectivity index (χ1) is 9.40. The number of benzene rings is 1. The van der Waals surface area contributed by atoms with Crippen molar-refractivity contribution in [1.82, 2.24) is 5.32 Å². The molecule has 0 heterocycles. The summed E-state index contributed by atoms with van der Waals surface area (Å²) in [5.74, 6) is 1.60. The molecule has 0 radical (unpaired) electrons. The molecule has 102 valence electrons. The van der Waals surface area contributed by atoms with E-state index in [1.165, 1.54) is 44.1 Å². The van der Waals surface area contributed by atoms with Crippen LogP contribution >= 0.6 is 0 Å². The molecule has 19 heavy (non-hydrogen) atoms. The number of allylic oxidation sites excluding steroid dienone is 1. The predicted octanol–water partition coefficient (Wildman–Crippen LogP) is 4.27. The zero-order valence-corrected chi connectivity index (χ0v) is 11.9. The van der Waals surface area contributed by atoms with Gasteiger partial charge in [0.1, 0.15) is 0 Å². The van der Waals surface area contributed by atoms with E-state index in [4.69, 9.17) is 0 Å². The van der Waals surface area contributed by atoms with Crippen molar-refractivity contribution in [1.29, 1.82) is 0 Å². The summed E-state index contributed by atoms with van der Waals surface area (Å²) in [6.07, 6.45) is 10.6. The van der Waals surface area contributed by atoms with Gasteiger partial charge in [0.15, 0.2) is 0 Å². The maximum absolute atomic E-state index is 3.59. The molecule has 0 amide bonds. The third kappa shape index (κ3) is 2.92. The van der Waals surface area contributed by atoms with E-state index in [0.29, 0.717) is 6.04 Å². The zero-order valence-electron chi connectivity index (χ0n) is 11.9. The van der Waals surface area contributed by atoms with Gasteiger partial charge in [-0.3, -0.25) is 0 Å². The maximum atomic E-state index is 3.59. The second kappa shape index (κ2) is 5.92. The van der Waals surface area contributed by atoms with Crippen molar-refractivity contribution >= 4 is 0 Å². The quantitative estimate of drug-likeness (QED) is 0.792. The van der Waals surface area contributed by atoms with Crippen LogP contribution in [0.25, 0.3) is 0 Å². The zero-order chi connectivity index (χ0) is 13.1. The highest BCUT2D eigenvalue weighted by atomic mass is 14.9.